The summed E-state index contributed by atoms with van der Waals surface area (Å²) in [6.45, 7) is 15.8. The predicted molar refractivity (Wildman–Crippen MR) is 155 cm³/mol. The van der Waals surface area contributed by atoms with Crippen LogP contribution < -0.4 is 0 Å². The van der Waals surface area contributed by atoms with Gasteiger partial charge in [0.15, 0.2) is 11.6 Å². The van der Waals surface area contributed by atoms with Gasteiger partial charge in [-0.05, 0) is 84.5 Å². The molecule has 41 heavy (non-hydrogen) atoms. The summed E-state index contributed by atoms with van der Waals surface area (Å²) < 4.78 is 0. The Kier molecular flexibility index (Phi) is 6.09. The van der Waals surface area contributed by atoms with Crippen LogP contribution in [0.5, 0.6) is 0 Å². The average Bonchev–Trinajstić information content (AvgIpc) is 3.22. The summed E-state index contributed by atoms with van der Waals surface area (Å²) >= 11 is 0. The maximum Gasteiger partial charge on any atom is 0.229 e. The molecule has 0 spiro atoms. The largest absolute Gasteiger partial charge is 0.295 e. The molecule has 0 aromatic rings. The topological polar surface area (TPSA) is 95.3 Å². The van der Waals surface area contributed by atoms with Crippen molar-refractivity contribution in [3.63, 3.8) is 0 Å². The van der Waals surface area contributed by atoms with Crippen molar-refractivity contribution in [2.45, 2.75) is 99.8 Å². The van der Waals surface area contributed by atoms with Gasteiger partial charge >= 0.3 is 0 Å². The Hall–Kier alpha value is -2.55. The first kappa shape index (κ1) is 28.6. The van der Waals surface area contributed by atoms with E-state index < -0.39 is 10.8 Å². The monoisotopic (exact) mass is 558 g/mol. The van der Waals surface area contributed by atoms with Crippen LogP contribution in [0.1, 0.15) is 99.8 Å². The fourth-order valence-corrected chi connectivity index (χ4v) is 11.4. The standard InChI is InChI=1S/C35H46N2O4/c1-20-10-13-35(19-37-26(39)8-9-27(37)40)15-14-34(7)29(28(35)21(20)2)23(38)16-25-32(5)17-22(18-36)30(41)31(3,4)24(32)11-12-33(25,34)6/h16-17,20-21,24,28-29H,8-15,19H2,1-7H3/t20-,21+,24+,28+,29-,32+,33-,34-,35-/m1/s1. The highest BCUT2D eigenvalue weighted by Gasteiger charge is 2.70. The fourth-order valence-electron chi connectivity index (χ4n) is 11.4. The zero-order valence-corrected chi connectivity index (χ0v) is 25.9. The zero-order chi connectivity index (χ0) is 29.9. The Bertz CT molecular complexity index is 1350. The number of hydrogen-bond donors (Lipinski definition) is 0. The third kappa shape index (κ3) is 3.47. The lowest BCUT2D eigenvalue weighted by Gasteiger charge is -2.69. The van der Waals surface area contributed by atoms with Crippen molar-refractivity contribution >= 4 is 23.4 Å². The summed E-state index contributed by atoms with van der Waals surface area (Å²) in [5.41, 5.74) is -0.710. The number of allylic oxidation sites excluding steroid dienone is 4. The molecular weight excluding hydrogens is 512 g/mol. The summed E-state index contributed by atoms with van der Waals surface area (Å²) in [5, 5.41) is 9.94. The van der Waals surface area contributed by atoms with Gasteiger partial charge in [-0.1, -0.05) is 60.1 Å². The Morgan fingerprint density at radius 1 is 0.927 bits per heavy atom. The van der Waals surface area contributed by atoms with Gasteiger partial charge in [-0.25, -0.2) is 0 Å². The second-order valence-electron chi connectivity index (χ2n) is 15.9. The van der Waals surface area contributed by atoms with Crippen LogP contribution in [-0.2, 0) is 19.2 Å². The first-order valence-electron chi connectivity index (χ1n) is 15.8. The SMILES string of the molecule is C[C@@H]1[C@H]2[C@H]3C(=O)C=C4[C@@]5(C)C=C(C#N)C(=O)C(C)(C)[C@@H]5CC[C@@]4(C)[C@]3(C)CC[C@@]2(CN2C(=O)CCC2=O)CC[C@H]1C. The Morgan fingerprint density at radius 3 is 2.22 bits per heavy atom. The summed E-state index contributed by atoms with van der Waals surface area (Å²) in [6, 6.07) is 2.19. The summed E-state index contributed by atoms with van der Waals surface area (Å²) in [4.78, 5) is 55.1. The van der Waals surface area contributed by atoms with E-state index in [2.05, 4.69) is 40.7 Å². The number of nitrogens with zero attached hydrogens (tertiary/aromatic N) is 2. The van der Waals surface area contributed by atoms with Gasteiger partial charge in [-0.3, -0.25) is 24.1 Å². The number of Topliss-reactive ketones (excluding diaryl/α,β-unsaturated/α-hetero) is 1. The van der Waals surface area contributed by atoms with Crippen molar-refractivity contribution in [2.75, 3.05) is 6.54 Å². The van der Waals surface area contributed by atoms with Gasteiger partial charge in [0.25, 0.3) is 0 Å². The number of carbonyl (C=O) groups excluding carboxylic acids is 4. The van der Waals surface area contributed by atoms with Gasteiger partial charge in [-0.2, -0.15) is 5.26 Å². The minimum Gasteiger partial charge on any atom is -0.295 e. The first-order chi connectivity index (χ1) is 19.1. The number of carbonyl (C=O) groups is 4. The van der Waals surface area contributed by atoms with Crippen LogP contribution in [0.25, 0.3) is 0 Å². The molecule has 220 valence electrons. The van der Waals surface area contributed by atoms with Crippen LogP contribution in [0.3, 0.4) is 0 Å². The van der Waals surface area contributed by atoms with Crippen molar-refractivity contribution < 1.29 is 19.2 Å². The summed E-state index contributed by atoms with van der Waals surface area (Å²) in [5.74, 6) is 0.643. The minimum absolute atomic E-state index is 0.0235. The van der Waals surface area contributed by atoms with E-state index in [9.17, 15) is 24.4 Å². The van der Waals surface area contributed by atoms with E-state index in [1.54, 1.807) is 0 Å². The second kappa shape index (κ2) is 8.74. The predicted octanol–water partition coefficient (Wildman–Crippen LogP) is 6.21. The quantitative estimate of drug-likeness (QED) is 0.376. The number of rotatable bonds is 2. The first-order valence-corrected chi connectivity index (χ1v) is 15.8. The van der Waals surface area contributed by atoms with Gasteiger partial charge in [0.1, 0.15) is 6.07 Å². The smallest absolute Gasteiger partial charge is 0.229 e. The molecule has 6 nitrogen and oxygen atoms in total. The number of fused-ring (bicyclic) bond motifs is 7. The van der Waals surface area contributed by atoms with Gasteiger partial charge in [0.05, 0.1) is 5.57 Å². The van der Waals surface area contributed by atoms with Gasteiger partial charge < -0.3 is 0 Å². The van der Waals surface area contributed by atoms with Gasteiger partial charge in [-0.15, -0.1) is 0 Å². The molecule has 6 heteroatoms. The van der Waals surface area contributed by atoms with Crippen LogP contribution in [0.4, 0.5) is 0 Å². The molecule has 6 aliphatic rings. The second-order valence-corrected chi connectivity index (χ2v) is 15.9. The molecule has 1 saturated heterocycles. The van der Waals surface area contributed by atoms with Crippen molar-refractivity contribution in [1.29, 1.82) is 5.26 Å². The number of nitriles is 1. The maximum atomic E-state index is 14.7. The normalized spacial score (nSPS) is 47.0. The number of ketones is 2. The summed E-state index contributed by atoms with van der Waals surface area (Å²) in [7, 11) is 0. The number of amides is 2. The number of imide groups is 1. The molecule has 0 N–H and O–H groups in total. The van der Waals surface area contributed by atoms with E-state index in [1.807, 2.05) is 26.0 Å². The van der Waals surface area contributed by atoms with E-state index >= 15 is 0 Å². The molecule has 0 aromatic heterocycles. The lowest BCUT2D eigenvalue weighted by molar-refractivity contribution is -0.181. The molecule has 1 heterocycles. The highest BCUT2D eigenvalue weighted by molar-refractivity contribution is 6.05. The van der Waals surface area contributed by atoms with Crippen molar-refractivity contribution in [3.05, 3.63) is 23.3 Å². The Labute approximate surface area is 245 Å². The maximum absolute atomic E-state index is 14.7. The molecule has 5 aliphatic carbocycles. The van der Waals surface area contributed by atoms with Crippen LogP contribution in [0, 0.1) is 68.0 Å². The Balaban J connectivity index is 1.50. The lowest BCUT2D eigenvalue weighted by atomic mass is 9.34. The molecule has 0 bridgehead atoms. The van der Waals surface area contributed by atoms with E-state index in [0.29, 0.717) is 31.2 Å². The third-order valence-corrected chi connectivity index (χ3v) is 14.0. The van der Waals surface area contributed by atoms with Crippen LogP contribution in [0.15, 0.2) is 23.3 Å². The van der Waals surface area contributed by atoms with Crippen molar-refractivity contribution in [2.24, 2.45) is 56.7 Å². The fraction of sp³-hybridized carbons (Fsp3) is 0.743. The van der Waals surface area contributed by atoms with E-state index in [0.717, 1.165) is 44.1 Å². The molecule has 0 aromatic carbocycles. The Morgan fingerprint density at radius 2 is 1.59 bits per heavy atom. The van der Waals surface area contributed by atoms with Crippen LogP contribution >= 0.6 is 0 Å². The number of likely N-dealkylation sites (tertiary alicyclic amines) is 1. The molecular formula is C35H46N2O4. The van der Waals surface area contributed by atoms with E-state index in [-0.39, 0.29) is 63.0 Å². The average molecular weight is 559 g/mol. The molecule has 6 rings (SSSR count). The molecule has 0 unspecified atom stereocenters. The zero-order valence-electron chi connectivity index (χ0n) is 25.9. The van der Waals surface area contributed by atoms with Crippen LogP contribution in [-0.4, -0.2) is 34.8 Å². The molecule has 2 amide bonds. The van der Waals surface area contributed by atoms with Gasteiger partial charge in [0, 0.05) is 36.1 Å². The highest BCUT2D eigenvalue weighted by atomic mass is 16.2. The van der Waals surface area contributed by atoms with Crippen molar-refractivity contribution in [3.8, 4) is 6.07 Å². The minimum atomic E-state index is -0.679. The van der Waals surface area contributed by atoms with E-state index in [4.69, 9.17) is 0 Å². The highest BCUT2D eigenvalue weighted by Crippen LogP contribution is 2.74. The molecule has 3 saturated carbocycles. The number of hydrogen-bond acceptors (Lipinski definition) is 5. The van der Waals surface area contributed by atoms with E-state index in [1.165, 1.54) is 4.90 Å². The lowest BCUT2D eigenvalue weighted by Crippen LogP contribution is -2.66. The molecule has 9 atom stereocenters. The molecule has 0 radical (unpaired) electrons. The van der Waals surface area contributed by atoms with Gasteiger partial charge in [0.2, 0.25) is 11.8 Å². The van der Waals surface area contributed by atoms with Crippen molar-refractivity contribution in [1.82, 2.24) is 4.90 Å². The summed E-state index contributed by atoms with van der Waals surface area (Å²) in [6.07, 6.45) is 9.96. The molecule has 1 aliphatic heterocycles. The third-order valence-electron chi connectivity index (χ3n) is 14.0. The molecule has 4 fully saturated rings. The van der Waals surface area contributed by atoms with Crippen LogP contribution in [0.2, 0.25) is 0 Å².